The molecule has 5 heteroatoms. The van der Waals surface area contributed by atoms with Gasteiger partial charge in [0.05, 0.1) is 17.6 Å². The maximum Gasteiger partial charge on any atom is 0.238 e. The first kappa shape index (κ1) is 22.9. The minimum absolute atomic E-state index is 0.505. The van der Waals surface area contributed by atoms with Crippen LogP contribution in [0.3, 0.4) is 0 Å². The molecule has 2 heterocycles. The van der Waals surface area contributed by atoms with E-state index in [0.717, 1.165) is 40.8 Å². The summed E-state index contributed by atoms with van der Waals surface area (Å²) in [7, 11) is 0. The molecule has 0 radical (unpaired) electrons. The quantitative estimate of drug-likeness (QED) is 0.239. The summed E-state index contributed by atoms with van der Waals surface area (Å²) in [6, 6.07) is 23.1. The van der Waals surface area contributed by atoms with Gasteiger partial charge in [-0.05, 0) is 56.2 Å². The maximum atomic E-state index is 6.17. The predicted molar refractivity (Wildman–Crippen MR) is 154 cm³/mol. The highest BCUT2D eigenvalue weighted by Crippen LogP contribution is 2.54. The molecule has 3 aromatic carbocycles. The lowest BCUT2D eigenvalue weighted by Gasteiger charge is -2.14. The number of nitrogens with zero attached hydrogens (tertiary/aromatic N) is 4. The van der Waals surface area contributed by atoms with E-state index < -0.39 is 0 Å². The Labute approximate surface area is 222 Å². The van der Waals surface area contributed by atoms with Crippen LogP contribution in [0.25, 0.3) is 44.7 Å². The summed E-state index contributed by atoms with van der Waals surface area (Å²) in [5.74, 6) is 4.18. The second-order valence-corrected chi connectivity index (χ2v) is 10.3. The van der Waals surface area contributed by atoms with Crippen molar-refractivity contribution in [2.45, 2.75) is 39.0 Å². The molecule has 2 aliphatic rings. The first-order valence-corrected chi connectivity index (χ1v) is 13.6. The average Bonchev–Trinajstić information content (AvgIpc) is 3.60. The number of hydrogen-bond acceptors (Lipinski definition) is 4. The fourth-order valence-corrected chi connectivity index (χ4v) is 5.75. The highest BCUT2D eigenvalue weighted by molar-refractivity contribution is 6.11. The van der Waals surface area contributed by atoms with Crippen LogP contribution in [0.5, 0.6) is 5.75 Å². The van der Waals surface area contributed by atoms with Gasteiger partial charge in [-0.2, -0.15) is 9.97 Å². The molecule has 1 saturated carbocycles. The zero-order chi connectivity index (χ0) is 25.6. The standard InChI is InChI=1S/C33H30N4O/c1-3-38-28-19-18-27-29(30(28)25-20-21(25)2)24-16-10-11-17-26(24)37(27)33-35-31(22-12-6-4-7-13-22)34-32(36-33)23-14-8-5-9-15-23/h4,6-8,10-19,21,25H,3,5,9,20H2,1-2H3. The molecule has 1 fully saturated rings. The Bertz CT molecular complexity index is 1730. The van der Waals surface area contributed by atoms with Crippen molar-refractivity contribution in [3.63, 3.8) is 0 Å². The van der Waals surface area contributed by atoms with E-state index in [1.807, 2.05) is 18.2 Å². The van der Waals surface area contributed by atoms with Gasteiger partial charge in [0, 0.05) is 27.5 Å². The molecular weight excluding hydrogens is 468 g/mol. The smallest absolute Gasteiger partial charge is 0.238 e. The monoisotopic (exact) mass is 498 g/mol. The summed E-state index contributed by atoms with van der Waals surface area (Å²) in [6.07, 6.45) is 9.77. The normalized spacial score (nSPS) is 18.6. The van der Waals surface area contributed by atoms with Crippen LogP contribution in [0.2, 0.25) is 0 Å². The molecule has 0 spiro atoms. The molecule has 2 atom stereocenters. The molecular formula is C33H30N4O. The van der Waals surface area contributed by atoms with Crippen LogP contribution in [0, 0.1) is 5.92 Å². The van der Waals surface area contributed by atoms with Crippen LogP contribution in [-0.2, 0) is 0 Å². The fraction of sp³-hybridized carbons (Fsp3) is 0.242. The Morgan fingerprint density at radius 1 is 0.868 bits per heavy atom. The van der Waals surface area contributed by atoms with Crippen LogP contribution in [0.15, 0.2) is 85.0 Å². The van der Waals surface area contributed by atoms with Crippen molar-refractivity contribution in [2.24, 2.45) is 5.92 Å². The van der Waals surface area contributed by atoms with Gasteiger partial charge in [-0.25, -0.2) is 4.98 Å². The summed E-state index contributed by atoms with van der Waals surface area (Å²) >= 11 is 0. The van der Waals surface area contributed by atoms with Crippen LogP contribution in [-0.4, -0.2) is 26.1 Å². The highest BCUT2D eigenvalue weighted by atomic mass is 16.5. The maximum absolute atomic E-state index is 6.17. The van der Waals surface area contributed by atoms with Crippen molar-refractivity contribution in [3.05, 3.63) is 96.3 Å². The highest BCUT2D eigenvalue weighted by Gasteiger charge is 2.38. The number of ether oxygens (including phenoxy) is 1. The Hall–Kier alpha value is -4.25. The van der Waals surface area contributed by atoms with Crippen molar-refractivity contribution >= 4 is 27.4 Å². The van der Waals surface area contributed by atoms with E-state index in [9.17, 15) is 0 Å². The molecule has 0 amide bonds. The van der Waals surface area contributed by atoms with E-state index in [-0.39, 0.29) is 0 Å². The molecule has 38 heavy (non-hydrogen) atoms. The Morgan fingerprint density at radius 3 is 2.42 bits per heavy atom. The number of allylic oxidation sites excluding steroid dienone is 4. The zero-order valence-corrected chi connectivity index (χ0v) is 21.8. The first-order valence-electron chi connectivity index (χ1n) is 13.6. The third kappa shape index (κ3) is 3.81. The molecule has 2 unspecified atom stereocenters. The molecule has 5 nitrogen and oxygen atoms in total. The molecule has 5 aromatic rings. The molecule has 2 aromatic heterocycles. The summed E-state index contributed by atoms with van der Waals surface area (Å²) in [6.45, 7) is 5.03. The Morgan fingerprint density at radius 2 is 1.66 bits per heavy atom. The van der Waals surface area contributed by atoms with E-state index in [1.165, 1.54) is 22.8 Å². The number of hydrogen-bond donors (Lipinski definition) is 0. The van der Waals surface area contributed by atoms with Gasteiger partial charge in [-0.15, -0.1) is 0 Å². The SMILES string of the molecule is CCOc1ccc2c(c1C1CC1C)c1ccccc1n2-c1nc(C2=CCCC=C2)nc(-c2ccccc2)n1. The third-order valence-electron chi connectivity index (χ3n) is 7.73. The minimum atomic E-state index is 0.505. The lowest BCUT2D eigenvalue weighted by molar-refractivity contribution is 0.337. The molecule has 0 saturated heterocycles. The zero-order valence-electron chi connectivity index (χ0n) is 21.8. The van der Waals surface area contributed by atoms with Crippen LogP contribution < -0.4 is 4.74 Å². The van der Waals surface area contributed by atoms with E-state index >= 15 is 0 Å². The lowest BCUT2D eigenvalue weighted by Crippen LogP contribution is -2.08. The summed E-state index contributed by atoms with van der Waals surface area (Å²) in [5.41, 5.74) is 5.54. The fourth-order valence-electron chi connectivity index (χ4n) is 5.75. The lowest BCUT2D eigenvalue weighted by atomic mass is 10.0. The van der Waals surface area contributed by atoms with Crippen molar-refractivity contribution < 1.29 is 4.74 Å². The van der Waals surface area contributed by atoms with Gasteiger partial charge in [-0.1, -0.05) is 73.7 Å². The van der Waals surface area contributed by atoms with Crippen LogP contribution >= 0.6 is 0 Å². The van der Waals surface area contributed by atoms with Gasteiger partial charge >= 0.3 is 0 Å². The van der Waals surface area contributed by atoms with Gasteiger partial charge < -0.3 is 4.74 Å². The van der Waals surface area contributed by atoms with Crippen molar-refractivity contribution in [1.29, 1.82) is 0 Å². The molecule has 0 aliphatic heterocycles. The molecule has 7 rings (SSSR count). The Kier molecular flexibility index (Phi) is 5.58. The number of benzene rings is 3. The number of fused-ring (bicyclic) bond motifs is 3. The third-order valence-corrected chi connectivity index (χ3v) is 7.73. The van der Waals surface area contributed by atoms with Gasteiger partial charge in [-0.3, -0.25) is 4.57 Å². The van der Waals surface area contributed by atoms with Gasteiger partial charge in [0.1, 0.15) is 5.75 Å². The van der Waals surface area contributed by atoms with Crippen LogP contribution in [0.4, 0.5) is 0 Å². The second-order valence-electron chi connectivity index (χ2n) is 10.3. The van der Waals surface area contributed by atoms with Gasteiger partial charge in [0.2, 0.25) is 5.95 Å². The first-order chi connectivity index (χ1) is 18.7. The van der Waals surface area contributed by atoms with E-state index in [1.54, 1.807) is 0 Å². The molecule has 0 bridgehead atoms. The van der Waals surface area contributed by atoms with Gasteiger partial charge in [0.25, 0.3) is 0 Å². The predicted octanol–water partition coefficient (Wildman–Crippen LogP) is 7.89. The number of rotatable bonds is 6. The largest absolute Gasteiger partial charge is 0.494 e. The van der Waals surface area contributed by atoms with E-state index in [4.69, 9.17) is 19.7 Å². The topological polar surface area (TPSA) is 52.8 Å². The second kappa shape index (κ2) is 9.25. The summed E-state index contributed by atoms with van der Waals surface area (Å²) in [4.78, 5) is 15.1. The van der Waals surface area contributed by atoms with Gasteiger partial charge in [0.15, 0.2) is 11.6 Å². The van der Waals surface area contributed by atoms with E-state index in [0.29, 0.717) is 36.0 Å². The minimum Gasteiger partial charge on any atom is -0.494 e. The number of aromatic nitrogens is 4. The average molecular weight is 499 g/mol. The number of para-hydroxylation sites is 1. The Balaban J connectivity index is 1.54. The van der Waals surface area contributed by atoms with E-state index in [2.05, 4.69) is 85.2 Å². The van der Waals surface area contributed by atoms with Crippen LogP contribution in [0.1, 0.15) is 50.4 Å². The van der Waals surface area contributed by atoms with Crippen molar-refractivity contribution in [3.8, 4) is 23.1 Å². The summed E-state index contributed by atoms with van der Waals surface area (Å²) in [5, 5.41) is 2.46. The molecule has 188 valence electrons. The summed E-state index contributed by atoms with van der Waals surface area (Å²) < 4.78 is 8.38. The molecule has 2 aliphatic carbocycles. The van der Waals surface area contributed by atoms with Crippen molar-refractivity contribution in [1.82, 2.24) is 19.5 Å². The molecule has 0 N–H and O–H groups in total. The van der Waals surface area contributed by atoms with Crippen molar-refractivity contribution in [2.75, 3.05) is 6.61 Å².